The molecule has 0 bridgehead atoms. The van der Waals surface area contributed by atoms with Gasteiger partial charge in [0.05, 0.1) is 6.61 Å². The summed E-state index contributed by atoms with van der Waals surface area (Å²) in [5, 5.41) is 6.56. The van der Waals surface area contributed by atoms with Crippen LogP contribution in [0.2, 0.25) is 0 Å². The van der Waals surface area contributed by atoms with Crippen LogP contribution in [0, 0.1) is 0 Å². The van der Waals surface area contributed by atoms with Crippen LogP contribution in [-0.2, 0) is 9.47 Å². The number of ether oxygens (including phenoxy) is 3. The van der Waals surface area contributed by atoms with Crippen molar-refractivity contribution in [2.75, 3.05) is 52.4 Å². The number of aliphatic imine (C=N–C) groups is 1. The maximum Gasteiger partial charge on any atom is 0.195 e. The second-order valence-electron chi connectivity index (χ2n) is 5.67. The topological polar surface area (TPSA) is 64.1 Å². The monoisotopic (exact) mass is 351 g/mol. The molecule has 1 aromatic rings. The molecule has 0 saturated heterocycles. The van der Waals surface area contributed by atoms with Gasteiger partial charge < -0.3 is 24.8 Å². The van der Waals surface area contributed by atoms with E-state index >= 15 is 0 Å². The van der Waals surface area contributed by atoms with Crippen molar-refractivity contribution in [3.63, 3.8) is 0 Å². The summed E-state index contributed by atoms with van der Waals surface area (Å²) in [5.74, 6) is 1.57. The Kier molecular flexibility index (Phi) is 12.4. The maximum absolute atomic E-state index is 5.71. The third kappa shape index (κ3) is 10.6. The minimum Gasteiger partial charge on any atom is -0.493 e. The van der Waals surface area contributed by atoms with Crippen LogP contribution in [-0.4, -0.2) is 53.1 Å². The Balaban J connectivity index is 2.29. The summed E-state index contributed by atoms with van der Waals surface area (Å²) in [4.78, 5) is 4.24. The number of benzene rings is 1. The highest BCUT2D eigenvalue weighted by molar-refractivity contribution is 5.93. The van der Waals surface area contributed by atoms with E-state index in [1.165, 1.54) is 6.42 Å². The maximum atomic E-state index is 5.71. The summed E-state index contributed by atoms with van der Waals surface area (Å²) in [7, 11) is 3.46. The first-order valence-corrected chi connectivity index (χ1v) is 9.07. The number of guanidine groups is 1. The third-order valence-corrected chi connectivity index (χ3v) is 3.48. The van der Waals surface area contributed by atoms with Gasteiger partial charge in [0.1, 0.15) is 5.75 Å². The number of nitrogens with one attached hydrogen (secondary N) is 2. The van der Waals surface area contributed by atoms with Crippen molar-refractivity contribution in [1.82, 2.24) is 5.32 Å². The lowest BCUT2D eigenvalue weighted by molar-refractivity contribution is 0.129. The average Bonchev–Trinajstić information content (AvgIpc) is 2.64. The van der Waals surface area contributed by atoms with Crippen LogP contribution >= 0.6 is 0 Å². The first-order valence-electron chi connectivity index (χ1n) is 9.07. The van der Waals surface area contributed by atoms with Crippen molar-refractivity contribution >= 4 is 11.6 Å². The number of rotatable bonds is 13. The molecule has 1 aromatic carbocycles. The number of hydrogen-bond donors (Lipinski definition) is 2. The van der Waals surface area contributed by atoms with Gasteiger partial charge in [0.15, 0.2) is 5.96 Å². The van der Waals surface area contributed by atoms with E-state index in [2.05, 4.69) is 22.5 Å². The SMILES string of the molecule is CCCCOCCCNC(=NC)Nc1cccc(OCCCOC)c1. The Morgan fingerprint density at radius 2 is 1.92 bits per heavy atom. The lowest BCUT2D eigenvalue weighted by atomic mass is 10.3. The molecule has 0 aromatic heterocycles. The molecule has 0 aliphatic heterocycles. The molecule has 142 valence electrons. The fraction of sp³-hybridized carbons (Fsp3) is 0.632. The van der Waals surface area contributed by atoms with Gasteiger partial charge >= 0.3 is 0 Å². The highest BCUT2D eigenvalue weighted by Crippen LogP contribution is 2.17. The summed E-state index contributed by atoms with van der Waals surface area (Å²) in [6.07, 6.45) is 4.12. The summed E-state index contributed by atoms with van der Waals surface area (Å²) in [6, 6.07) is 7.86. The number of anilines is 1. The highest BCUT2D eigenvalue weighted by atomic mass is 16.5. The lowest BCUT2D eigenvalue weighted by Crippen LogP contribution is -2.31. The summed E-state index contributed by atoms with van der Waals surface area (Å²) >= 11 is 0. The molecular formula is C19H33N3O3. The molecule has 6 heteroatoms. The van der Waals surface area contributed by atoms with Crippen LogP contribution in [0.3, 0.4) is 0 Å². The van der Waals surface area contributed by atoms with Gasteiger partial charge in [-0.2, -0.15) is 0 Å². The van der Waals surface area contributed by atoms with Gasteiger partial charge in [-0.15, -0.1) is 0 Å². The minimum absolute atomic E-state index is 0.641. The molecule has 0 atom stereocenters. The van der Waals surface area contributed by atoms with Gasteiger partial charge in [0.2, 0.25) is 0 Å². The van der Waals surface area contributed by atoms with E-state index in [0.29, 0.717) is 13.2 Å². The fourth-order valence-electron chi connectivity index (χ4n) is 2.10. The minimum atomic E-state index is 0.641. The molecule has 1 rings (SSSR count). The predicted molar refractivity (Wildman–Crippen MR) is 104 cm³/mol. The Bertz CT molecular complexity index is 481. The number of unbranched alkanes of at least 4 members (excludes halogenated alkanes) is 1. The molecular weight excluding hydrogens is 318 g/mol. The molecule has 0 spiro atoms. The van der Waals surface area contributed by atoms with Crippen molar-refractivity contribution in [2.24, 2.45) is 4.99 Å². The van der Waals surface area contributed by atoms with E-state index in [1.807, 2.05) is 24.3 Å². The lowest BCUT2D eigenvalue weighted by Gasteiger charge is -2.13. The largest absolute Gasteiger partial charge is 0.493 e. The molecule has 6 nitrogen and oxygen atoms in total. The first kappa shape index (κ1) is 21.3. The van der Waals surface area contributed by atoms with Crippen LogP contribution in [0.1, 0.15) is 32.6 Å². The van der Waals surface area contributed by atoms with E-state index < -0.39 is 0 Å². The Morgan fingerprint density at radius 3 is 2.68 bits per heavy atom. The smallest absolute Gasteiger partial charge is 0.195 e. The zero-order valence-electron chi connectivity index (χ0n) is 15.8. The second kappa shape index (κ2) is 14.5. The molecule has 0 fully saturated rings. The van der Waals surface area contributed by atoms with E-state index in [0.717, 1.165) is 56.4 Å². The summed E-state index contributed by atoms with van der Waals surface area (Å²) in [6.45, 7) is 5.95. The van der Waals surface area contributed by atoms with Crippen LogP contribution in [0.15, 0.2) is 29.3 Å². The normalized spacial score (nSPS) is 11.4. The standard InChI is InChI=1S/C19H33N3O3/c1-4-5-13-24-14-7-11-21-19(20-2)22-17-9-6-10-18(16-17)25-15-8-12-23-3/h6,9-10,16H,4-5,7-8,11-15H2,1-3H3,(H2,20,21,22). The zero-order chi connectivity index (χ0) is 18.2. The number of methoxy groups -OCH3 is 1. The zero-order valence-corrected chi connectivity index (χ0v) is 15.8. The molecule has 2 N–H and O–H groups in total. The molecule has 0 heterocycles. The number of hydrogen-bond acceptors (Lipinski definition) is 4. The van der Waals surface area contributed by atoms with E-state index in [4.69, 9.17) is 14.2 Å². The molecule has 0 radical (unpaired) electrons. The molecule has 0 aliphatic rings. The van der Waals surface area contributed by atoms with E-state index in [1.54, 1.807) is 14.2 Å². The Hall–Kier alpha value is -1.79. The molecule has 0 aliphatic carbocycles. The highest BCUT2D eigenvalue weighted by Gasteiger charge is 2.01. The van der Waals surface area contributed by atoms with Crippen molar-refractivity contribution in [3.05, 3.63) is 24.3 Å². The molecule has 0 amide bonds. The van der Waals surface area contributed by atoms with Crippen LogP contribution < -0.4 is 15.4 Å². The first-order chi connectivity index (χ1) is 12.3. The summed E-state index contributed by atoms with van der Waals surface area (Å²) in [5.41, 5.74) is 0.941. The quantitative estimate of drug-likeness (QED) is 0.324. The number of nitrogens with zero attached hydrogens (tertiary/aromatic N) is 1. The van der Waals surface area contributed by atoms with Crippen molar-refractivity contribution < 1.29 is 14.2 Å². The second-order valence-corrected chi connectivity index (χ2v) is 5.67. The van der Waals surface area contributed by atoms with Gasteiger partial charge in [0.25, 0.3) is 0 Å². The van der Waals surface area contributed by atoms with Crippen molar-refractivity contribution in [1.29, 1.82) is 0 Å². The fourth-order valence-corrected chi connectivity index (χ4v) is 2.10. The van der Waals surface area contributed by atoms with Gasteiger partial charge in [-0.25, -0.2) is 0 Å². The van der Waals surface area contributed by atoms with Gasteiger partial charge in [-0.05, 0) is 25.0 Å². The third-order valence-electron chi connectivity index (χ3n) is 3.48. The summed E-state index contributed by atoms with van der Waals surface area (Å²) < 4.78 is 16.3. The van der Waals surface area contributed by atoms with Gasteiger partial charge in [0, 0.05) is 58.7 Å². The van der Waals surface area contributed by atoms with Crippen molar-refractivity contribution in [2.45, 2.75) is 32.6 Å². The van der Waals surface area contributed by atoms with E-state index in [9.17, 15) is 0 Å². The molecule has 25 heavy (non-hydrogen) atoms. The molecule has 0 saturated carbocycles. The van der Waals surface area contributed by atoms with Gasteiger partial charge in [-0.3, -0.25) is 4.99 Å². The Labute approximate surface area is 152 Å². The van der Waals surface area contributed by atoms with Crippen LogP contribution in [0.4, 0.5) is 5.69 Å². The van der Waals surface area contributed by atoms with Gasteiger partial charge in [-0.1, -0.05) is 19.4 Å². The van der Waals surface area contributed by atoms with Crippen LogP contribution in [0.25, 0.3) is 0 Å². The van der Waals surface area contributed by atoms with E-state index in [-0.39, 0.29) is 0 Å². The predicted octanol–water partition coefficient (Wildman–Crippen LogP) is 3.30. The van der Waals surface area contributed by atoms with Crippen molar-refractivity contribution in [3.8, 4) is 5.75 Å². The molecule has 0 unspecified atom stereocenters. The van der Waals surface area contributed by atoms with Crippen LogP contribution in [0.5, 0.6) is 5.75 Å². The Morgan fingerprint density at radius 1 is 1.08 bits per heavy atom. The average molecular weight is 351 g/mol.